The first kappa shape index (κ1) is 23.3. The normalized spacial score (nSPS) is 12.9. The number of hydrogen-bond donors (Lipinski definition) is 3. The van der Waals surface area contributed by atoms with Crippen molar-refractivity contribution in [1.29, 1.82) is 0 Å². The Morgan fingerprint density at radius 1 is 1.00 bits per heavy atom. The van der Waals surface area contributed by atoms with Crippen LogP contribution in [0.25, 0.3) is 0 Å². The number of carbonyl (C=O) groups is 2. The molecule has 3 N–H and O–H groups in total. The number of carbonyl (C=O) groups excluding carboxylic acids is 2. The molecule has 1 fully saturated rings. The van der Waals surface area contributed by atoms with Crippen molar-refractivity contribution >= 4 is 28.9 Å². The number of nitrogens with zero attached hydrogens (tertiary/aromatic N) is 4. The quantitative estimate of drug-likeness (QED) is 0.386. The summed E-state index contributed by atoms with van der Waals surface area (Å²) in [5.41, 5.74) is 2.98. The van der Waals surface area contributed by atoms with E-state index in [9.17, 15) is 9.59 Å². The van der Waals surface area contributed by atoms with Gasteiger partial charge >= 0.3 is 0 Å². The molecule has 34 heavy (non-hydrogen) atoms. The highest BCUT2D eigenvalue weighted by Gasteiger charge is 2.27. The third-order valence-electron chi connectivity index (χ3n) is 5.52. The molecule has 0 atom stereocenters. The van der Waals surface area contributed by atoms with E-state index in [4.69, 9.17) is 0 Å². The van der Waals surface area contributed by atoms with Crippen LogP contribution in [0, 0.1) is 5.92 Å². The predicted octanol–water partition coefficient (Wildman–Crippen LogP) is 4.31. The van der Waals surface area contributed by atoms with Crippen LogP contribution >= 0.6 is 0 Å². The highest BCUT2D eigenvalue weighted by molar-refractivity contribution is 6.10. The summed E-state index contributed by atoms with van der Waals surface area (Å²) in [7, 11) is 0. The Balaban J connectivity index is 1.53. The molecule has 4 rings (SSSR count). The Morgan fingerprint density at radius 2 is 1.79 bits per heavy atom. The van der Waals surface area contributed by atoms with Gasteiger partial charge in [-0.15, -0.1) is 0 Å². The van der Waals surface area contributed by atoms with Crippen molar-refractivity contribution in [2.24, 2.45) is 5.92 Å². The van der Waals surface area contributed by atoms with Gasteiger partial charge in [-0.2, -0.15) is 0 Å². The number of rotatable bonds is 10. The number of hydrogen-bond acceptors (Lipinski definition) is 7. The Kier molecular flexibility index (Phi) is 7.41. The van der Waals surface area contributed by atoms with E-state index in [1.54, 1.807) is 18.5 Å². The average molecular weight is 460 g/mol. The Labute approximate surface area is 198 Å². The van der Waals surface area contributed by atoms with Crippen molar-refractivity contribution in [1.82, 2.24) is 25.3 Å². The molecule has 1 aliphatic rings. The number of pyridine rings is 2. The van der Waals surface area contributed by atoms with E-state index in [1.807, 2.05) is 12.1 Å². The number of nitrogens with one attached hydrogen (secondary N) is 3. The van der Waals surface area contributed by atoms with Gasteiger partial charge in [0.05, 0.1) is 41.2 Å². The van der Waals surface area contributed by atoms with E-state index in [-0.39, 0.29) is 11.6 Å². The van der Waals surface area contributed by atoms with E-state index in [2.05, 4.69) is 49.7 Å². The maximum Gasteiger partial charge on any atom is 0.276 e. The van der Waals surface area contributed by atoms with Gasteiger partial charge in [-0.25, -0.2) is 15.0 Å². The van der Waals surface area contributed by atoms with E-state index in [1.165, 1.54) is 18.7 Å². The van der Waals surface area contributed by atoms with Crippen LogP contribution in [0.1, 0.15) is 72.0 Å². The summed E-state index contributed by atoms with van der Waals surface area (Å²) >= 11 is 0. The van der Waals surface area contributed by atoms with Crippen molar-refractivity contribution in [3.05, 3.63) is 66.3 Å². The SMILES string of the molecule is CC(C)CCCNC(=O)c1ccncc1NC(=O)c1nc(C2CC2)ccc1Nc1cncnc1. The molecule has 1 saturated carbocycles. The van der Waals surface area contributed by atoms with E-state index in [0.717, 1.165) is 31.4 Å². The number of amides is 2. The summed E-state index contributed by atoms with van der Waals surface area (Å²) in [6, 6.07) is 5.37. The fourth-order valence-electron chi connectivity index (χ4n) is 3.55. The lowest BCUT2D eigenvalue weighted by atomic mass is 10.1. The molecule has 9 nitrogen and oxygen atoms in total. The van der Waals surface area contributed by atoms with Gasteiger partial charge in [0.25, 0.3) is 11.8 Å². The molecule has 2 amide bonds. The molecule has 3 aromatic rings. The molecule has 3 heterocycles. The minimum absolute atomic E-state index is 0.236. The minimum atomic E-state index is -0.427. The van der Waals surface area contributed by atoms with Crippen molar-refractivity contribution in [3.63, 3.8) is 0 Å². The first-order chi connectivity index (χ1) is 16.5. The third-order valence-corrected chi connectivity index (χ3v) is 5.52. The highest BCUT2D eigenvalue weighted by Crippen LogP contribution is 2.39. The van der Waals surface area contributed by atoms with Gasteiger partial charge in [0.2, 0.25) is 0 Å². The zero-order valence-electron chi connectivity index (χ0n) is 19.4. The molecule has 0 spiro atoms. The van der Waals surface area contributed by atoms with Gasteiger partial charge in [-0.05, 0) is 49.8 Å². The zero-order chi connectivity index (χ0) is 23.9. The van der Waals surface area contributed by atoms with E-state index >= 15 is 0 Å². The summed E-state index contributed by atoms with van der Waals surface area (Å²) in [6.07, 6.45) is 11.7. The second-order valence-electron chi connectivity index (χ2n) is 8.83. The molecule has 3 aromatic heterocycles. The average Bonchev–Trinajstić information content (AvgIpc) is 3.68. The minimum Gasteiger partial charge on any atom is -0.352 e. The molecule has 0 radical (unpaired) electrons. The fourth-order valence-corrected chi connectivity index (χ4v) is 3.55. The fraction of sp³-hybridized carbons (Fsp3) is 0.360. The zero-order valence-corrected chi connectivity index (χ0v) is 19.4. The summed E-state index contributed by atoms with van der Waals surface area (Å²) in [4.78, 5) is 42.8. The second kappa shape index (κ2) is 10.8. The van der Waals surface area contributed by atoms with Crippen LogP contribution in [-0.2, 0) is 0 Å². The maximum atomic E-state index is 13.3. The Bertz CT molecular complexity index is 1150. The highest BCUT2D eigenvalue weighted by atomic mass is 16.2. The topological polar surface area (TPSA) is 122 Å². The summed E-state index contributed by atoms with van der Waals surface area (Å²) in [5, 5.41) is 8.92. The lowest BCUT2D eigenvalue weighted by Gasteiger charge is -2.14. The van der Waals surface area contributed by atoms with Gasteiger partial charge in [-0.3, -0.25) is 14.6 Å². The van der Waals surface area contributed by atoms with Crippen molar-refractivity contribution < 1.29 is 9.59 Å². The summed E-state index contributed by atoms with van der Waals surface area (Å²) in [6.45, 7) is 4.88. The monoisotopic (exact) mass is 459 g/mol. The van der Waals surface area contributed by atoms with Gasteiger partial charge < -0.3 is 16.0 Å². The summed E-state index contributed by atoms with van der Waals surface area (Å²) < 4.78 is 0. The Morgan fingerprint density at radius 3 is 2.53 bits per heavy atom. The van der Waals surface area contributed by atoms with Crippen LogP contribution < -0.4 is 16.0 Å². The molecule has 0 unspecified atom stereocenters. The lowest BCUT2D eigenvalue weighted by molar-refractivity contribution is 0.0953. The standard InChI is InChI=1S/C25H29N7O2/c1-16(2)4-3-10-29-24(33)19-9-11-26-14-22(19)32-25(34)23-21(30-18-12-27-15-28-13-18)8-7-20(31-23)17-5-6-17/h7-9,11-17,30H,3-6,10H2,1-2H3,(H,29,33)(H,32,34). The molecule has 0 aliphatic heterocycles. The van der Waals surface area contributed by atoms with Crippen LogP contribution in [0.2, 0.25) is 0 Å². The van der Waals surface area contributed by atoms with Crippen LogP contribution in [-0.4, -0.2) is 38.3 Å². The molecule has 9 heteroatoms. The second-order valence-corrected chi connectivity index (χ2v) is 8.83. The maximum absolute atomic E-state index is 13.3. The molecular weight excluding hydrogens is 430 g/mol. The third kappa shape index (κ3) is 6.12. The Hall–Kier alpha value is -3.88. The summed E-state index contributed by atoms with van der Waals surface area (Å²) in [5.74, 6) is 0.285. The van der Waals surface area contributed by atoms with Gasteiger partial charge in [0.15, 0.2) is 5.69 Å². The largest absolute Gasteiger partial charge is 0.352 e. The molecule has 1 aliphatic carbocycles. The molecule has 176 valence electrons. The van der Waals surface area contributed by atoms with E-state index < -0.39 is 5.91 Å². The van der Waals surface area contributed by atoms with Crippen LogP contribution in [0.15, 0.2) is 49.3 Å². The van der Waals surface area contributed by atoms with Crippen LogP contribution in [0.3, 0.4) is 0 Å². The smallest absolute Gasteiger partial charge is 0.276 e. The lowest BCUT2D eigenvalue weighted by Crippen LogP contribution is -2.26. The molecular formula is C25H29N7O2. The van der Waals surface area contributed by atoms with Gasteiger partial charge in [0, 0.05) is 24.4 Å². The number of aromatic nitrogens is 4. The molecule has 0 saturated heterocycles. The van der Waals surface area contributed by atoms with Crippen LogP contribution in [0.4, 0.5) is 17.1 Å². The van der Waals surface area contributed by atoms with Crippen LogP contribution in [0.5, 0.6) is 0 Å². The van der Waals surface area contributed by atoms with Crippen molar-refractivity contribution in [2.45, 2.75) is 45.4 Å². The van der Waals surface area contributed by atoms with E-state index in [0.29, 0.717) is 41.0 Å². The molecule has 0 aromatic carbocycles. The van der Waals surface area contributed by atoms with Crippen molar-refractivity contribution in [3.8, 4) is 0 Å². The first-order valence-electron chi connectivity index (χ1n) is 11.6. The van der Waals surface area contributed by atoms with Crippen molar-refractivity contribution in [2.75, 3.05) is 17.2 Å². The number of anilines is 3. The first-order valence-corrected chi connectivity index (χ1v) is 11.6. The van der Waals surface area contributed by atoms with Gasteiger partial charge in [0.1, 0.15) is 6.33 Å². The molecule has 0 bridgehead atoms. The predicted molar refractivity (Wildman–Crippen MR) is 130 cm³/mol. The van der Waals surface area contributed by atoms with Gasteiger partial charge in [-0.1, -0.05) is 13.8 Å².